The smallest absolute Gasteiger partial charge is 0.271 e. The van der Waals surface area contributed by atoms with Gasteiger partial charge in [-0.3, -0.25) is 4.79 Å². The van der Waals surface area contributed by atoms with Gasteiger partial charge in [0.15, 0.2) is 11.5 Å². The van der Waals surface area contributed by atoms with E-state index in [0.717, 1.165) is 11.3 Å². The Hall–Kier alpha value is -3.71. The number of carbonyl (C=O) groups is 1. The first-order valence-corrected chi connectivity index (χ1v) is 10.1. The molecule has 3 rings (SSSR count). The van der Waals surface area contributed by atoms with E-state index in [9.17, 15) is 4.79 Å². The molecule has 0 bridgehead atoms. The average Bonchev–Trinajstić information content (AvgIpc) is 2.83. The van der Waals surface area contributed by atoms with Crippen molar-refractivity contribution in [2.24, 2.45) is 5.10 Å². The van der Waals surface area contributed by atoms with Gasteiger partial charge in [0, 0.05) is 28.4 Å². The lowest BCUT2D eigenvalue weighted by Gasteiger charge is -2.12. The largest absolute Gasteiger partial charge is 0.493 e. The van der Waals surface area contributed by atoms with Gasteiger partial charge in [-0.15, -0.1) is 0 Å². The van der Waals surface area contributed by atoms with Gasteiger partial charge in [-0.1, -0.05) is 23.7 Å². The number of nitrogens with one attached hydrogen (secondary N) is 2. The van der Waals surface area contributed by atoms with Crippen LogP contribution in [0.2, 0.25) is 5.02 Å². The Morgan fingerprint density at radius 3 is 2.12 bits per heavy atom. The van der Waals surface area contributed by atoms with E-state index in [4.69, 9.17) is 25.8 Å². The summed E-state index contributed by atoms with van der Waals surface area (Å²) in [5.41, 5.74) is 5.70. The highest BCUT2D eigenvalue weighted by Crippen LogP contribution is 2.37. The molecule has 7 nitrogen and oxygen atoms in total. The molecule has 0 radical (unpaired) electrons. The number of halogens is 1. The standard InChI is InChI=1S/C24H24ClN3O4/c1-30-21-12-17(13-22(31-2)23(21)32-3)15-27-28-24(29)18-6-10-20(11-7-18)26-14-16-4-8-19(25)9-5-16/h4-13,15,26H,14H2,1-3H3,(H,28,29). The van der Waals surface area contributed by atoms with E-state index >= 15 is 0 Å². The van der Waals surface area contributed by atoms with Gasteiger partial charge in [-0.25, -0.2) is 5.43 Å². The predicted molar refractivity (Wildman–Crippen MR) is 126 cm³/mol. The molecule has 32 heavy (non-hydrogen) atoms. The SMILES string of the molecule is COc1cc(C=NNC(=O)c2ccc(NCc3ccc(Cl)cc3)cc2)cc(OC)c1OC. The minimum absolute atomic E-state index is 0.321. The molecule has 0 fully saturated rings. The van der Waals surface area contributed by atoms with Gasteiger partial charge in [0.25, 0.3) is 5.91 Å². The first kappa shape index (κ1) is 23.0. The first-order chi connectivity index (χ1) is 15.5. The molecular weight excluding hydrogens is 430 g/mol. The van der Waals surface area contributed by atoms with Crippen LogP contribution in [-0.4, -0.2) is 33.5 Å². The third kappa shape index (κ3) is 5.92. The maximum atomic E-state index is 12.4. The van der Waals surface area contributed by atoms with Crippen molar-refractivity contribution in [2.75, 3.05) is 26.6 Å². The number of nitrogens with zero attached hydrogens (tertiary/aromatic N) is 1. The van der Waals surface area contributed by atoms with E-state index in [1.165, 1.54) is 27.5 Å². The molecule has 3 aromatic carbocycles. The molecule has 0 atom stereocenters. The maximum Gasteiger partial charge on any atom is 0.271 e. The molecule has 0 unspecified atom stereocenters. The fourth-order valence-electron chi connectivity index (χ4n) is 2.95. The van der Waals surface area contributed by atoms with E-state index in [-0.39, 0.29) is 5.91 Å². The molecular formula is C24H24ClN3O4. The zero-order valence-corrected chi connectivity index (χ0v) is 18.8. The van der Waals surface area contributed by atoms with Crippen LogP contribution >= 0.6 is 11.6 Å². The van der Waals surface area contributed by atoms with Crippen LogP contribution in [0.1, 0.15) is 21.5 Å². The summed E-state index contributed by atoms with van der Waals surface area (Å²) in [5, 5.41) is 8.04. The Balaban J connectivity index is 1.59. The monoisotopic (exact) mass is 453 g/mol. The molecule has 0 heterocycles. The minimum atomic E-state index is -0.321. The van der Waals surface area contributed by atoms with E-state index < -0.39 is 0 Å². The summed E-state index contributed by atoms with van der Waals surface area (Å²) >= 11 is 5.90. The van der Waals surface area contributed by atoms with Gasteiger partial charge in [0.05, 0.1) is 27.5 Å². The van der Waals surface area contributed by atoms with Gasteiger partial charge in [-0.2, -0.15) is 5.10 Å². The summed E-state index contributed by atoms with van der Waals surface area (Å²) < 4.78 is 15.9. The van der Waals surface area contributed by atoms with Crippen molar-refractivity contribution in [3.8, 4) is 17.2 Å². The topological polar surface area (TPSA) is 81.2 Å². The number of benzene rings is 3. The zero-order valence-electron chi connectivity index (χ0n) is 18.0. The van der Waals surface area contributed by atoms with Crippen LogP contribution in [0.5, 0.6) is 17.2 Å². The van der Waals surface area contributed by atoms with Gasteiger partial charge in [-0.05, 0) is 54.1 Å². The highest BCUT2D eigenvalue weighted by Gasteiger charge is 2.12. The van der Waals surface area contributed by atoms with E-state index in [1.54, 1.807) is 24.3 Å². The van der Waals surface area contributed by atoms with Crippen LogP contribution in [0.4, 0.5) is 5.69 Å². The summed E-state index contributed by atoms with van der Waals surface area (Å²) in [6.07, 6.45) is 1.50. The van der Waals surface area contributed by atoms with Crippen LogP contribution in [0.3, 0.4) is 0 Å². The number of hydrazone groups is 1. The summed E-state index contributed by atoms with van der Waals surface area (Å²) in [6, 6.07) is 18.2. The number of ether oxygens (including phenoxy) is 3. The van der Waals surface area contributed by atoms with E-state index in [2.05, 4.69) is 15.8 Å². The van der Waals surface area contributed by atoms with Crippen molar-refractivity contribution >= 4 is 29.4 Å². The summed E-state index contributed by atoms with van der Waals surface area (Å²) in [5.74, 6) is 1.17. The fourth-order valence-corrected chi connectivity index (χ4v) is 3.08. The number of amides is 1. The zero-order chi connectivity index (χ0) is 22.9. The Bertz CT molecular complexity index is 1060. The predicted octanol–water partition coefficient (Wildman–Crippen LogP) is 4.74. The number of methoxy groups -OCH3 is 3. The second-order valence-corrected chi connectivity index (χ2v) is 7.15. The Kier molecular flexibility index (Phi) is 7.94. The lowest BCUT2D eigenvalue weighted by Crippen LogP contribution is -2.17. The molecule has 0 saturated heterocycles. The minimum Gasteiger partial charge on any atom is -0.493 e. The molecule has 2 N–H and O–H groups in total. The lowest BCUT2D eigenvalue weighted by molar-refractivity contribution is 0.0955. The highest BCUT2D eigenvalue weighted by molar-refractivity contribution is 6.30. The van der Waals surface area contributed by atoms with Crippen LogP contribution < -0.4 is 25.0 Å². The van der Waals surface area contributed by atoms with Crippen LogP contribution in [0.25, 0.3) is 0 Å². The Morgan fingerprint density at radius 2 is 1.56 bits per heavy atom. The third-order valence-electron chi connectivity index (χ3n) is 4.62. The molecule has 8 heteroatoms. The number of hydrogen-bond acceptors (Lipinski definition) is 6. The average molecular weight is 454 g/mol. The Morgan fingerprint density at radius 1 is 0.938 bits per heavy atom. The summed E-state index contributed by atoms with van der Waals surface area (Å²) in [6.45, 7) is 0.655. The Labute approximate surface area is 192 Å². The molecule has 0 aliphatic rings. The number of rotatable bonds is 9. The number of carbonyl (C=O) groups excluding carboxylic acids is 1. The molecule has 3 aromatic rings. The molecule has 0 saturated carbocycles. The number of anilines is 1. The van der Waals surface area contributed by atoms with Crippen molar-refractivity contribution in [1.82, 2.24) is 5.43 Å². The van der Waals surface area contributed by atoms with Crippen molar-refractivity contribution in [1.29, 1.82) is 0 Å². The van der Waals surface area contributed by atoms with E-state index in [1.807, 2.05) is 36.4 Å². The van der Waals surface area contributed by atoms with Crippen molar-refractivity contribution in [3.05, 3.63) is 82.4 Å². The molecule has 166 valence electrons. The van der Waals surface area contributed by atoms with Crippen molar-refractivity contribution in [2.45, 2.75) is 6.54 Å². The quantitative estimate of drug-likeness (QED) is 0.361. The molecule has 1 amide bonds. The third-order valence-corrected chi connectivity index (χ3v) is 4.88. The lowest BCUT2D eigenvalue weighted by atomic mass is 10.2. The van der Waals surface area contributed by atoms with Crippen LogP contribution in [0.15, 0.2) is 65.8 Å². The van der Waals surface area contributed by atoms with Crippen molar-refractivity contribution in [3.63, 3.8) is 0 Å². The van der Waals surface area contributed by atoms with Gasteiger partial charge >= 0.3 is 0 Å². The normalized spacial score (nSPS) is 10.6. The van der Waals surface area contributed by atoms with Crippen molar-refractivity contribution < 1.29 is 19.0 Å². The molecule has 0 aliphatic heterocycles. The van der Waals surface area contributed by atoms with E-state index in [0.29, 0.717) is 39.9 Å². The van der Waals surface area contributed by atoms with Crippen LogP contribution in [-0.2, 0) is 6.54 Å². The van der Waals surface area contributed by atoms with Gasteiger partial charge < -0.3 is 19.5 Å². The van der Waals surface area contributed by atoms with Gasteiger partial charge in [0.2, 0.25) is 5.75 Å². The second kappa shape index (κ2) is 11.1. The molecule has 0 aromatic heterocycles. The molecule has 0 spiro atoms. The second-order valence-electron chi connectivity index (χ2n) is 6.72. The first-order valence-electron chi connectivity index (χ1n) is 9.76. The summed E-state index contributed by atoms with van der Waals surface area (Å²) in [4.78, 5) is 12.4. The fraction of sp³-hybridized carbons (Fsp3) is 0.167. The molecule has 0 aliphatic carbocycles. The maximum absolute atomic E-state index is 12.4. The van der Waals surface area contributed by atoms with Gasteiger partial charge in [0.1, 0.15) is 0 Å². The highest BCUT2D eigenvalue weighted by atomic mass is 35.5. The van der Waals surface area contributed by atoms with Crippen LogP contribution in [0, 0.1) is 0 Å². The summed E-state index contributed by atoms with van der Waals surface area (Å²) in [7, 11) is 4.61. The number of hydrogen-bond donors (Lipinski definition) is 2.